The van der Waals surface area contributed by atoms with Crippen molar-refractivity contribution in [3.8, 4) is 0 Å². The molecule has 0 radical (unpaired) electrons. The third-order valence-electron chi connectivity index (χ3n) is 4.98. The molecule has 0 bridgehead atoms. The molecule has 2 aromatic carbocycles. The van der Waals surface area contributed by atoms with E-state index in [4.69, 9.17) is 4.74 Å². The maximum atomic E-state index is 12.2. The van der Waals surface area contributed by atoms with Crippen molar-refractivity contribution in [2.45, 2.75) is 30.9 Å². The van der Waals surface area contributed by atoms with Crippen LogP contribution in [0, 0.1) is 0 Å². The Morgan fingerprint density at radius 2 is 1.68 bits per heavy atom. The number of aliphatic hydroxyl groups excluding tert-OH is 1. The van der Waals surface area contributed by atoms with Crippen LogP contribution >= 0.6 is 0 Å². The highest BCUT2D eigenvalue weighted by atomic mass is 16.5. The van der Waals surface area contributed by atoms with E-state index in [-0.39, 0.29) is 17.9 Å². The van der Waals surface area contributed by atoms with Crippen molar-refractivity contribution in [2.75, 3.05) is 20.2 Å². The summed E-state index contributed by atoms with van der Waals surface area (Å²) in [5.74, 6) is -0.0941. The fraction of sp³-hybridized carbons (Fsp3) is 0.381. The van der Waals surface area contributed by atoms with Gasteiger partial charge < -0.3 is 9.84 Å². The molecule has 1 aliphatic rings. The SMILES string of the molecule is COC(=O)[C@@H]1C[C@H](O)CCN1CC(c1ccccc1)c1ccccc1. The van der Waals surface area contributed by atoms with E-state index in [0.717, 1.165) is 6.54 Å². The van der Waals surface area contributed by atoms with Crippen molar-refractivity contribution in [3.63, 3.8) is 0 Å². The summed E-state index contributed by atoms with van der Waals surface area (Å²) in [6.45, 7) is 1.41. The maximum absolute atomic E-state index is 12.2. The summed E-state index contributed by atoms with van der Waals surface area (Å²) in [5.41, 5.74) is 2.45. The van der Waals surface area contributed by atoms with Gasteiger partial charge in [-0.1, -0.05) is 60.7 Å². The number of rotatable bonds is 5. The van der Waals surface area contributed by atoms with Gasteiger partial charge in [0.15, 0.2) is 0 Å². The Labute approximate surface area is 149 Å². The predicted molar refractivity (Wildman–Crippen MR) is 97.3 cm³/mol. The van der Waals surface area contributed by atoms with Crippen LogP contribution in [0.5, 0.6) is 0 Å². The van der Waals surface area contributed by atoms with Crippen molar-refractivity contribution < 1.29 is 14.6 Å². The molecule has 132 valence electrons. The van der Waals surface area contributed by atoms with Gasteiger partial charge in [0, 0.05) is 19.0 Å². The molecule has 2 atom stereocenters. The number of hydrogen-bond donors (Lipinski definition) is 1. The van der Waals surface area contributed by atoms with Gasteiger partial charge in [-0.2, -0.15) is 0 Å². The second kappa shape index (κ2) is 8.28. The van der Waals surface area contributed by atoms with Gasteiger partial charge >= 0.3 is 5.97 Å². The Balaban J connectivity index is 1.88. The normalized spacial score (nSPS) is 21.2. The number of carbonyl (C=O) groups is 1. The number of benzene rings is 2. The van der Waals surface area contributed by atoms with E-state index in [2.05, 4.69) is 29.2 Å². The molecule has 0 spiro atoms. The molecule has 1 aliphatic heterocycles. The summed E-state index contributed by atoms with van der Waals surface area (Å²) in [6.07, 6.45) is 0.680. The lowest BCUT2D eigenvalue weighted by atomic mass is 9.89. The number of methoxy groups -OCH3 is 1. The van der Waals surface area contributed by atoms with Gasteiger partial charge in [0.05, 0.1) is 13.2 Å². The smallest absolute Gasteiger partial charge is 0.323 e. The molecule has 1 heterocycles. The summed E-state index contributed by atoms with van der Waals surface area (Å²) >= 11 is 0. The molecule has 0 amide bonds. The van der Waals surface area contributed by atoms with Crippen LogP contribution in [0.25, 0.3) is 0 Å². The minimum atomic E-state index is -0.438. The summed E-state index contributed by atoms with van der Waals surface area (Å²) in [6, 6.07) is 20.3. The summed E-state index contributed by atoms with van der Waals surface area (Å²) in [4.78, 5) is 14.4. The van der Waals surface area contributed by atoms with Crippen LogP contribution in [-0.2, 0) is 9.53 Å². The highest BCUT2D eigenvalue weighted by Gasteiger charge is 2.35. The van der Waals surface area contributed by atoms with Crippen LogP contribution in [0.15, 0.2) is 60.7 Å². The summed E-state index contributed by atoms with van der Waals surface area (Å²) in [5, 5.41) is 9.98. The van der Waals surface area contributed by atoms with Gasteiger partial charge in [-0.25, -0.2) is 0 Å². The van der Waals surface area contributed by atoms with Crippen molar-refractivity contribution in [3.05, 3.63) is 71.8 Å². The molecule has 1 fully saturated rings. The fourth-order valence-electron chi connectivity index (χ4n) is 3.60. The van der Waals surface area contributed by atoms with E-state index in [1.807, 2.05) is 36.4 Å². The lowest BCUT2D eigenvalue weighted by molar-refractivity contribution is -0.150. The lowest BCUT2D eigenvalue weighted by Crippen LogP contribution is -2.50. The van der Waals surface area contributed by atoms with Crippen LogP contribution in [0.1, 0.15) is 29.9 Å². The van der Waals surface area contributed by atoms with E-state index >= 15 is 0 Å². The van der Waals surface area contributed by atoms with Crippen molar-refractivity contribution in [2.24, 2.45) is 0 Å². The van der Waals surface area contributed by atoms with Crippen molar-refractivity contribution in [1.29, 1.82) is 0 Å². The second-order valence-electron chi connectivity index (χ2n) is 6.59. The molecule has 0 aromatic heterocycles. The average molecular weight is 339 g/mol. The minimum absolute atomic E-state index is 0.171. The Bertz CT molecular complexity index is 635. The van der Waals surface area contributed by atoms with Crippen molar-refractivity contribution in [1.82, 2.24) is 4.90 Å². The summed E-state index contributed by atoms with van der Waals surface area (Å²) < 4.78 is 4.97. The Morgan fingerprint density at radius 3 is 2.20 bits per heavy atom. The zero-order valence-electron chi connectivity index (χ0n) is 14.5. The van der Waals surface area contributed by atoms with E-state index in [0.29, 0.717) is 19.4 Å². The van der Waals surface area contributed by atoms with Crippen LogP contribution in [0.2, 0.25) is 0 Å². The molecule has 4 nitrogen and oxygen atoms in total. The van der Waals surface area contributed by atoms with E-state index in [9.17, 15) is 9.90 Å². The number of nitrogens with zero attached hydrogens (tertiary/aromatic N) is 1. The number of ether oxygens (including phenoxy) is 1. The lowest BCUT2D eigenvalue weighted by Gasteiger charge is -2.38. The van der Waals surface area contributed by atoms with Gasteiger partial charge in [-0.3, -0.25) is 9.69 Å². The highest BCUT2D eigenvalue weighted by molar-refractivity contribution is 5.75. The third-order valence-corrected chi connectivity index (χ3v) is 4.98. The topological polar surface area (TPSA) is 49.8 Å². The molecule has 2 aromatic rings. The largest absolute Gasteiger partial charge is 0.468 e. The van der Waals surface area contributed by atoms with Crippen molar-refractivity contribution >= 4 is 5.97 Å². The van der Waals surface area contributed by atoms with Gasteiger partial charge in [-0.05, 0) is 24.0 Å². The summed E-state index contributed by atoms with van der Waals surface area (Å²) in [7, 11) is 1.41. The molecule has 0 saturated carbocycles. The van der Waals surface area contributed by atoms with Crippen LogP contribution in [-0.4, -0.2) is 48.3 Å². The fourth-order valence-corrected chi connectivity index (χ4v) is 3.60. The molecule has 0 unspecified atom stereocenters. The molecular formula is C21H25NO3. The monoisotopic (exact) mass is 339 g/mol. The van der Waals surface area contributed by atoms with Gasteiger partial charge in [0.2, 0.25) is 0 Å². The molecule has 0 aliphatic carbocycles. The van der Waals surface area contributed by atoms with E-state index in [1.165, 1.54) is 18.2 Å². The molecule has 1 N–H and O–H groups in total. The molecule has 4 heteroatoms. The Kier molecular flexibility index (Phi) is 5.84. The number of piperidine rings is 1. The number of esters is 1. The Morgan fingerprint density at radius 1 is 1.12 bits per heavy atom. The number of aliphatic hydroxyl groups is 1. The predicted octanol–water partition coefficient (Wildman–Crippen LogP) is 2.82. The highest BCUT2D eigenvalue weighted by Crippen LogP contribution is 2.29. The molecule has 1 saturated heterocycles. The standard InChI is InChI=1S/C21H25NO3/c1-25-21(24)20-14-18(23)12-13-22(20)15-19(16-8-4-2-5-9-16)17-10-6-3-7-11-17/h2-11,18-20,23H,12-15H2,1H3/t18-,20+/m1/s1. The first kappa shape index (κ1) is 17.6. The van der Waals surface area contributed by atoms with Gasteiger partial charge in [-0.15, -0.1) is 0 Å². The number of hydrogen-bond acceptors (Lipinski definition) is 4. The zero-order chi connectivity index (χ0) is 17.6. The first-order valence-electron chi connectivity index (χ1n) is 8.79. The minimum Gasteiger partial charge on any atom is -0.468 e. The van der Waals surface area contributed by atoms with E-state index < -0.39 is 6.10 Å². The van der Waals surface area contributed by atoms with Gasteiger partial charge in [0.25, 0.3) is 0 Å². The third kappa shape index (κ3) is 4.27. The Hall–Kier alpha value is -2.17. The molecular weight excluding hydrogens is 314 g/mol. The van der Waals surface area contributed by atoms with Crippen LogP contribution < -0.4 is 0 Å². The number of likely N-dealkylation sites (tertiary alicyclic amines) is 1. The van der Waals surface area contributed by atoms with Crippen LogP contribution in [0.3, 0.4) is 0 Å². The average Bonchev–Trinajstić information content (AvgIpc) is 2.67. The van der Waals surface area contributed by atoms with Crippen LogP contribution in [0.4, 0.5) is 0 Å². The maximum Gasteiger partial charge on any atom is 0.323 e. The molecule has 25 heavy (non-hydrogen) atoms. The molecule has 3 rings (SSSR count). The zero-order valence-corrected chi connectivity index (χ0v) is 14.5. The van der Waals surface area contributed by atoms with Gasteiger partial charge in [0.1, 0.15) is 6.04 Å². The van der Waals surface area contributed by atoms with E-state index in [1.54, 1.807) is 0 Å². The quantitative estimate of drug-likeness (QED) is 0.851. The first-order chi connectivity index (χ1) is 12.2. The second-order valence-corrected chi connectivity index (χ2v) is 6.59. The number of carbonyl (C=O) groups excluding carboxylic acids is 1. The first-order valence-corrected chi connectivity index (χ1v) is 8.79.